The van der Waals surface area contributed by atoms with E-state index in [-0.39, 0.29) is 12.2 Å². The van der Waals surface area contributed by atoms with Crippen LogP contribution in [0.2, 0.25) is 0 Å². The molecule has 0 atom stereocenters. The number of halogens is 3. The van der Waals surface area contributed by atoms with Crippen LogP contribution in [0.25, 0.3) is 0 Å². The number of hydrogen-bond donors (Lipinski definition) is 2. The van der Waals surface area contributed by atoms with Gasteiger partial charge in [0, 0.05) is 12.2 Å². The van der Waals surface area contributed by atoms with Gasteiger partial charge in [0.2, 0.25) is 10.0 Å². The molecule has 0 saturated heterocycles. The number of primary sulfonamides is 1. The molecule has 0 aliphatic heterocycles. The van der Waals surface area contributed by atoms with Crippen LogP contribution >= 0.6 is 0 Å². The van der Waals surface area contributed by atoms with E-state index in [0.29, 0.717) is 6.61 Å². The minimum atomic E-state index is -4.84. The molecular weight excluding hydrogens is 369 g/mol. The van der Waals surface area contributed by atoms with Crippen molar-refractivity contribution in [1.82, 2.24) is 0 Å². The lowest BCUT2D eigenvalue weighted by atomic mass is 10.1. The summed E-state index contributed by atoms with van der Waals surface area (Å²) < 4.78 is 67.5. The highest BCUT2D eigenvalue weighted by molar-refractivity contribution is 7.89. The third-order valence-electron chi connectivity index (χ3n) is 3.63. The maximum absolute atomic E-state index is 13.1. The lowest BCUT2D eigenvalue weighted by molar-refractivity contribution is -0.139. The van der Waals surface area contributed by atoms with Crippen LogP contribution in [0.5, 0.6) is 5.75 Å². The first-order chi connectivity index (χ1) is 12.0. The maximum Gasteiger partial charge on any atom is 0.417 e. The fraction of sp³-hybridized carbons (Fsp3) is 0.294. The van der Waals surface area contributed by atoms with Crippen molar-refractivity contribution in [2.75, 3.05) is 11.9 Å². The molecule has 2 aromatic rings. The second kappa shape index (κ2) is 7.55. The Bertz CT molecular complexity index is 897. The summed E-state index contributed by atoms with van der Waals surface area (Å²) in [5.41, 5.74) is 0.589. The van der Waals surface area contributed by atoms with E-state index in [9.17, 15) is 21.6 Å². The van der Waals surface area contributed by atoms with Gasteiger partial charge in [0.05, 0.1) is 17.1 Å². The predicted molar refractivity (Wildman–Crippen MR) is 92.5 cm³/mol. The van der Waals surface area contributed by atoms with Crippen LogP contribution < -0.4 is 15.2 Å². The van der Waals surface area contributed by atoms with Crippen molar-refractivity contribution < 1.29 is 26.3 Å². The molecule has 0 unspecified atom stereocenters. The summed E-state index contributed by atoms with van der Waals surface area (Å²) >= 11 is 0. The number of nitrogens with two attached hydrogens (primary N) is 1. The number of nitrogens with one attached hydrogen (secondary N) is 1. The van der Waals surface area contributed by atoms with Gasteiger partial charge >= 0.3 is 6.18 Å². The average Bonchev–Trinajstić information content (AvgIpc) is 2.53. The molecule has 0 aromatic heterocycles. The van der Waals surface area contributed by atoms with Crippen molar-refractivity contribution >= 4 is 15.7 Å². The summed E-state index contributed by atoms with van der Waals surface area (Å²) in [7, 11) is -4.48. The number of ether oxygens (including phenoxy) is 1. The smallest absolute Gasteiger partial charge is 0.417 e. The van der Waals surface area contributed by atoms with E-state index in [1.807, 2.05) is 19.9 Å². The Morgan fingerprint density at radius 1 is 1.15 bits per heavy atom. The zero-order valence-electron chi connectivity index (χ0n) is 14.2. The van der Waals surface area contributed by atoms with E-state index in [1.54, 1.807) is 12.1 Å². The Kier molecular flexibility index (Phi) is 5.82. The van der Waals surface area contributed by atoms with Crippen molar-refractivity contribution in [3.8, 4) is 5.75 Å². The van der Waals surface area contributed by atoms with Gasteiger partial charge in [-0.25, -0.2) is 13.6 Å². The van der Waals surface area contributed by atoms with E-state index in [2.05, 4.69) is 5.32 Å². The Balaban J connectivity index is 2.24. The first-order valence-corrected chi connectivity index (χ1v) is 9.27. The Hall–Kier alpha value is -2.26. The molecule has 0 aliphatic carbocycles. The van der Waals surface area contributed by atoms with Crippen LogP contribution in [-0.4, -0.2) is 15.0 Å². The third kappa shape index (κ3) is 4.89. The molecule has 142 valence electrons. The summed E-state index contributed by atoms with van der Waals surface area (Å²) in [5.74, 6) is 0.744. The summed E-state index contributed by atoms with van der Waals surface area (Å²) in [4.78, 5) is -0.951. The third-order valence-corrected chi connectivity index (χ3v) is 4.60. The van der Waals surface area contributed by atoms with Gasteiger partial charge in [0.25, 0.3) is 0 Å². The van der Waals surface area contributed by atoms with Gasteiger partial charge in [0.15, 0.2) is 0 Å². The number of anilines is 1. The van der Waals surface area contributed by atoms with Crippen LogP contribution in [0.1, 0.15) is 23.6 Å². The van der Waals surface area contributed by atoms with Crippen LogP contribution in [0, 0.1) is 6.92 Å². The molecule has 0 bridgehead atoms. The summed E-state index contributed by atoms with van der Waals surface area (Å²) in [6.07, 6.45) is -4.84. The SMILES string of the molecule is CCOc1ccc(CNc2ccc(S(N)(=O)=O)c(C(F)(F)F)c2)cc1C. The van der Waals surface area contributed by atoms with E-state index in [1.165, 1.54) is 6.07 Å². The van der Waals surface area contributed by atoms with Crippen LogP contribution in [0.15, 0.2) is 41.3 Å². The first-order valence-electron chi connectivity index (χ1n) is 7.72. The van der Waals surface area contributed by atoms with Gasteiger partial charge < -0.3 is 10.1 Å². The molecular formula is C17H19F3N2O3S. The van der Waals surface area contributed by atoms with E-state index in [0.717, 1.165) is 29.0 Å². The fourth-order valence-corrected chi connectivity index (χ4v) is 3.19. The summed E-state index contributed by atoms with van der Waals surface area (Å²) in [6, 6.07) is 8.29. The topological polar surface area (TPSA) is 81.4 Å². The second-order valence-electron chi connectivity index (χ2n) is 5.64. The lowest BCUT2D eigenvalue weighted by Gasteiger charge is -2.15. The quantitative estimate of drug-likeness (QED) is 0.791. The van der Waals surface area contributed by atoms with Gasteiger partial charge in [-0.3, -0.25) is 0 Å². The van der Waals surface area contributed by atoms with Crippen molar-refractivity contribution in [1.29, 1.82) is 0 Å². The molecule has 0 radical (unpaired) electrons. The molecule has 5 nitrogen and oxygen atoms in total. The van der Waals surface area contributed by atoms with Crippen LogP contribution in [-0.2, 0) is 22.7 Å². The Morgan fingerprint density at radius 3 is 2.38 bits per heavy atom. The highest BCUT2D eigenvalue weighted by Crippen LogP contribution is 2.35. The van der Waals surface area contributed by atoms with Crippen molar-refractivity contribution in [2.45, 2.75) is 31.5 Å². The van der Waals surface area contributed by atoms with Gasteiger partial charge in [-0.05, 0) is 49.2 Å². The number of sulfonamides is 1. The molecule has 9 heteroatoms. The molecule has 0 heterocycles. The first kappa shape index (κ1) is 20.1. The van der Waals surface area contributed by atoms with E-state index < -0.39 is 26.7 Å². The van der Waals surface area contributed by atoms with Gasteiger partial charge in [-0.1, -0.05) is 12.1 Å². The zero-order chi connectivity index (χ0) is 19.5. The van der Waals surface area contributed by atoms with Crippen molar-refractivity contribution in [2.24, 2.45) is 5.14 Å². The highest BCUT2D eigenvalue weighted by atomic mass is 32.2. The van der Waals surface area contributed by atoms with Crippen molar-refractivity contribution in [3.05, 3.63) is 53.1 Å². The van der Waals surface area contributed by atoms with E-state index in [4.69, 9.17) is 9.88 Å². The number of benzene rings is 2. The molecule has 0 spiro atoms. The van der Waals surface area contributed by atoms with Gasteiger partial charge in [-0.15, -0.1) is 0 Å². The molecule has 0 aliphatic rings. The number of rotatable bonds is 6. The molecule has 26 heavy (non-hydrogen) atoms. The second-order valence-corrected chi connectivity index (χ2v) is 7.17. The fourth-order valence-electron chi connectivity index (χ4n) is 2.45. The monoisotopic (exact) mass is 388 g/mol. The average molecular weight is 388 g/mol. The highest BCUT2D eigenvalue weighted by Gasteiger charge is 2.36. The zero-order valence-corrected chi connectivity index (χ0v) is 15.0. The molecule has 0 saturated carbocycles. The Labute approximate surface area is 150 Å². The number of alkyl halides is 3. The summed E-state index contributed by atoms with van der Waals surface area (Å²) in [5, 5.41) is 7.72. The molecule has 3 N–H and O–H groups in total. The molecule has 0 amide bonds. The molecule has 2 rings (SSSR count). The van der Waals surface area contributed by atoms with Crippen molar-refractivity contribution in [3.63, 3.8) is 0 Å². The Morgan fingerprint density at radius 2 is 1.85 bits per heavy atom. The predicted octanol–water partition coefficient (Wildman–Crippen LogP) is 3.67. The molecule has 0 fully saturated rings. The summed E-state index contributed by atoms with van der Waals surface area (Å²) in [6.45, 7) is 4.55. The van der Waals surface area contributed by atoms with E-state index >= 15 is 0 Å². The number of aryl methyl sites for hydroxylation is 1. The lowest BCUT2D eigenvalue weighted by Crippen LogP contribution is -2.19. The maximum atomic E-state index is 13.1. The number of hydrogen-bond acceptors (Lipinski definition) is 4. The molecule has 2 aromatic carbocycles. The van der Waals surface area contributed by atoms with Crippen LogP contribution in [0.4, 0.5) is 18.9 Å². The van der Waals surface area contributed by atoms with Gasteiger partial charge in [-0.2, -0.15) is 13.2 Å². The largest absolute Gasteiger partial charge is 0.494 e. The standard InChI is InChI=1S/C17H19F3N2O3S/c1-3-25-15-6-4-12(8-11(15)2)10-22-13-5-7-16(26(21,23)24)14(9-13)17(18,19)20/h4-9,22H,3,10H2,1-2H3,(H2,21,23,24). The normalized spacial score (nSPS) is 12.1. The minimum Gasteiger partial charge on any atom is -0.494 e. The van der Waals surface area contributed by atoms with Crippen LogP contribution in [0.3, 0.4) is 0 Å². The van der Waals surface area contributed by atoms with Gasteiger partial charge in [0.1, 0.15) is 5.75 Å². The minimum absolute atomic E-state index is 0.135.